The fraction of sp³-hybridized carbons (Fsp3) is 0.316. The van der Waals surface area contributed by atoms with E-state index in [-0.39, 0.29) is 11.8 Å². The van der Waals surface area contributed by atoms with Crippen LogP contribution in [0.3, 0.4) is 0 Å². The van der Waals surface area contributed by atoms with E-state index in [1.165, 1.54) is 0 Å². The molecule has 1 saturated heterocycles. The molecule has 2 aromatic rings. The van der Waals surface area contributed by atoms with Gasteiger partial charge in [0.2, 0.25) is 5.91 Å². The Balaban J connectivity index is 1.61. The van der Waals surface area contributed by atoms with Crippen molar-refractivity contribution in [1.82, 2.24) is 4.90 Å². The van der Waals surface area contributed by atoms with Crippen LogP contribution < -0.4 is 5.32 Å². The lowest BCUT2D eigenvalue weighted by Crippen LogP contribution is -2.40. The lowest BCUT2D eigenvalue weighted by molar-refractivity contribution is -0.121. The summed E-state index contributed by atoms with van der Waals surface area (Å²) in [6, 6.07) is 13.0. The number of benzene rings is 2. The molecule has 132 valence electrons. The van der Waals surface area contributed by atoms with Crippen LogP contribution in [0.4, 0.5) is 5.69 Å². The standard InChI is InChI=1S/C19H19Cl3N2O/c20-16-6-2-1-4-13(16)11-24-9-3-5-14(12-24)19(25)23-15-7-8-17(21)18(22)10-15/h1-2,4,6-8,10,14H,3,5,9,11-12H2,(H,23,25)/t14-/m0/s1. The zero-order chi connectivity index (χ0) is 17.8. The van der Waals surface area contributed by atoms with Gasteiger partial charge in [-0.25, -0.2) is 0 Å². The molecule has 0 spiro atoms. The minimum atomic E-state index is -0.0503. The molecule has 0 bridgehead atoms. The number of halogens is 3. The van der Waals surface area contributed by atoms with Gasteiger partial charge in [0, 0.05) is 23.8 Å². The number of carbonyl (C=O) groups is 1. The van der Waals surface area contributed by atoms with Gasteiger partial charge in [0.25, 0.3) is 0 Å². The van der Waals surface area contributed by atoms with E-state index >= 15 is 0 Å². The third kappa shape index (κ3) is 4.89. The molecule has 0 unspecified atom stereocenters. The van der Waals surface area contributed by atoms with Gasteiger partial charge in [0.05, 0.1) is 16.0 Å². The molecule has 0 radical (unpaired) electrons. The molecule has 1 fully saturated rings. The zero-order valence-electron chi connectivity index (χ0n) is 13.6. The topological polar surface area (TPSA) is 32.3 Å². The first-order valence-electron chi connectivity index (χ1n) is 8.24. The molecule has 25 heavy (non-hydrogen) atoms. The van der Waals surface area contributed by atoms with Crippen molar-refractivity contribution < 1.29 is 4.79 Å². The number of piperidine rings is 1. The van der Waals surface area contributed by atoms with Gasteiger partial charge < -0.3 is 5.32 Å². The maximum atomic E-state index is 12.6. The highest BCUT2D eigenvalue weighted by Crippen LogP contribution is 2.27. The number of nitrogens with zero attached hydrogens (tertiary/aromatic N) is 1. The molecular weight excluding hydrogens is 379 g/mol. The number of anilines is 1. The lowest BCUT2D eigenvalue weighted by atomic mass is 9.96. The van der Waals surface area contributed by atoms with Crippen molar-refractivity contribution in [3.8, 4) is 0 Å². The quantitative estimate of drug-likeness (QED) is 0.739. The van der Waals surface area contributed by atoms with Gasteiger partial charge in [-0.05, 0) is 49.2 Å². The van der Waals surface area contributed by atoms with E-state index in [0.29, 0.717) is 15.7 Å². The Morgan fingerprint density at radius 3 is 2.64 bits per heavy atom. The van der Waals surface area contributed by atoms with Crippen LogP contribution in [0.1, 0.15) is 18.4 Å². The molecule has 3 nitrogen and oxygen atoms in total. The van der Waals surface area contributed by atoms with E-state index in [2.05, 4.69) is 10.2 Å². The highest BCUT2D eigenvalue weighted by molar-refractivity contribution is 6.42. The summed E-state index contributed by atoms with van der Waals surface area (Å²) in [5.41, 5.74) is 1.76. The van der Waals surface area contributed by atoms with Crippen LogP contribution in [0.25, 0.3) is 0 Å². The van der Waals surface area contributed by atoms with Crippen LogP contribution >= 0.6 is 34.8 Å². The second kappa shape index (κ2) is 8.41. The third-order valence-electron chi connectivity index (χ3n) is 4.42. The maximum Gasteiger partial charge on any atom is 0.228 e. The first-order chi connectivity index (χ1) is 12.0. The maximum absolute atomic E-state index is 12.6. The molecule has 1 amide bonds. The van der Waals surface area contributed by atoms with Gasteiger partial charge in [-0.1, -0.05) is 53.0 Å². The van der Waals surface area contributed by atoms with Crippen LogP contribution in [0, 0.1) is 5.92 Å². The Morgan fingerprint density at radius 2 is 1.88 bits per heavy atom. The molecule has 1 atom stereocenters. The Labute approximate surface area is 162 Å². The van der Waals surface area contributed by atoms with Gasteiger partial charge in [0.15, 0.2) is 0 Å². The van der Waals surface area contributed by atoms with Gasteiger partial charge in [-0.15, -0.1) is 0 Å². The van der Waals surface area contributed by atoms with E-state index in [9.17, 15) is 4.79 Å². The number of carbonyl (C=O) groups excluding carboxylic acids is 1. The molecule has 0 aliphatic carbocycles. The van der Waals surface area contributed by atoms with E-state index < -0.39 is 0 Å². The Hall–Kier alpha value is -1.26. The molecule has 3 rings (SSSR count). The highest BCUT2D eigenvalue weighted by atomic mass is 35.5. The summed E-state index contributed by atoms with van der Waals surface area (Å²) in [4.78, 5) is 14.9. The molecule has 0 saturated carbocycles. The first kappa shape index (κ1) is 18.5. The molecular formula is C19H19Cl3N2O. The summed E-state index contributed by atoms with van der Waals surface area (Å²) in [7, 11) is 0. The van der Waals surface area contributed by atoms with Crippen molar-refractivity contribution in [2.24, 2.45) is 5.92 Å². The number of amides is 1. The Kier molecular flexibility index (Phi) is 6.24. The van der Waals surface area contributed by atoms with Crippen molar-refractivity contribution >= 4 is 46.4 Å². The van der Waals surface area contributed by atoms with Crippen LogP contribution in [0.2, 0.25) is 15.1 Å². The molecule has 2 aromatic carbocycles. The van der Waals surface area contributed by atoms with E-state index in [1.807, 2.05) is 24.3 Å². The number of rotatable bonds is 4. The number of hydrogen-bond acceptors (Lipinski definition) is 2. The predicted molar refractivity (Wildman–Crippen MR) is 105 cm³/mol. The average Bonchev–Trinajstić information content (AvgIpc) is 2.60. The van der Waals surface area contributed by atoms with Crippen LogP contribution in [-0.4, -0.2) is 23.9 Å². The van der Waals surface area contributed by atoms with Gasteiger partial charge >= 0.3 is 0 Å². The molecule has 1 heterocycles. The number of likely N-dealkylation sites (tertiary alicyclic amines) is 1. The second-order valence-electron chi connectivity index (χ2n) is 6.28. The molecule has 1 aliphatic heterocycles. The largest absolute Gasteiger partial charge is 0.326 e. The van der Waals surface area contributed by atoms with E-state index in [0.717, 1.165) is 43.1 Å². The van der Waals surface area contributed by atoms with Crippen molar-refractivity contribution in [1.29, 1.82) is 0 Å². The van der Waals surface area contributed by atoms with E-state index in [4.69, 9.17) is 34.8 Å². The normalized spacial score (nSPS) is 18.1. The monoisotopic (exact) mass is 396 g/mol. The Bertz CT molecular complexity index is 766. The second-order valence-corrected chi connectivity index (χ2v) is 7.51. The summed E-state index contributed by atoms with van der Waals surface area (Å²) >= 11 is 18.2. The first-order valence-corrected chi connectivity index (χ1v) is 9.38. The summed E-state index contributed by atoms with van der Waals surface area (Å²) in [5.74, 6) is -0.0343. The zero-order valence-corrected chi connectivity index (χ0v) is 15.9. The molecule has 0 aromatic heterocycles. The summed E-state index contributed by atoms with van der Waals surface area (Å²) in [6.07, 6.45) is 1.87. The summed E-state index contributed by atoms with van der Waals surface area (Å²) in [6.45, 7) is 2.45. The molecule has 1 N–H and O–H groups in total. The lowest BCUT2D eigenvalue weighted by Gasteiger charge is -2.32. The average molecular weight is 398 g/mol. The minimum Gasteiger partial charge on any atom is -0.326 e. The van der Waals surface area contributed by atoms with Gasteiger partial charge in [0.1, 0.15) is 0 Å². The van der Waals surface area contributed by atoms with Gasteiger partial charge in [-0.2, -0.15) is 0 Å². The summed E-state index contributed by atoms with van der Waals surface area (Å²) < 4.78 is 0. The smallest absolute Gasteiger partial charge is 0.228 e. The Morgan fingerprint density at radius 1 is 1.08 bits per heavy atom. The van der Waals surface area contributed by atoms with Crippen LogP contribution in [0.15, 0.2) is 42.5 Å². The van der Waals surface area contributed by atoms with E-state index in [1.54, 1.807) is 18.2 Å². The fourth-order valence-corrected chi connectivity index (χ4v) is 3.59. The SMILES string of the molecule is O=C(Nc1ccc(Cl)c(Cl)c1)[C@H]1CCCN(Cc2ccccc2Cl)C1. The highest BCUT2D eigenvalue weighted by Gasteiger charge is 2.26. The number of nitrogens with one attached hydrogen (secondary N) is 1. The molecule has 6 heteroatoms. The molecule has 1 aliphatic rings. The summed E-state index contributed by atoms with van der Waals surface area (Å²) in [5, 5.41) is 4.62. The van der Waals surface area contributed by atoms with Crippen molar-refractivity contribution in [3.05, 3.63) is 63.1 Å². The van der Waals surface area contributed by atoms with Crippen molar-refractivity contribution in [3.63, 3.8) is 0 Å². The van der Waals surface area contributed by atoms with Gasteiger partial charge in [-0.3, -0.25) is 9.69 Å². The minimum absolute atomic E-state index is 0.0160. The fourth-order valence-electron chi connectivity index (χ4n) is 3.10. The van der Waals surface area contributed by atoms with Crippen molar-refractivity contribution in [2.75, 3.05) is 18.4 Å². The van der Waals surface area contributed by atoms with Crippen molar-refractivity contribution in [2.45, 2.75) is 19.4 Å². The predicted octanol–water partition coefficient (Wildman–Crippen LogP) is 5.50. The van der Waals surface area contributed by atoms with Crippen LogP contribution in [0.5, 0.6) is 0 Å². The number of hydrogen-bond donors (Lipinski definition) is 1. The third-order valence-corrected chi connectivity index (χ3v) is 5.52. The van der Waals surface area contributed by atoms with Crippen LogP contribution in [-0.2, 0) is 11.3 Å².